The third-order valence-electron chi connectivity index (χ3n) is 1.92. The molecule has 2 rings (SSSR count). The third kappa shape index (κ3) is 1.49. The van der Waals surface area contributed by atoms with E-state index in [1.807, 2.05) is 6.07 Å². The second-order valence-corrected chi connectivity index (χ2v) is 3.77. The van der Waals surface area contributed by atoms with Crippen molar-refractivity contribution in [2.45, 2.75) is 6.42 Å². The third-order valence-corrected chi connectivity index (χ3v) is 2.41. The van der Waals surface area contributed by atoms with Crippen molar-refractivity contribution in [2.24, 2.45) is 0 Å². The summed E-state index contributed by atoms with van der Waals surface area (Å²) in [5.41, 5.74) is 1.37. The minimum Gasteiger partial charge on any atom is -0.292 e. The Hall–Kier alpha value is -1.16. The van der Waals surface area contributed by atoms with Gasteiger partial charge in [-0.1, -0.05) is 22.0 Å². The first-order valence-electron chi connectivity index (χ1n) is 3.79. The molecular formula is C9H6BrNO2. The van der Waals surface area contributed by atoms with Gasteiger partial charge in [-0.2, -0.15) is 0 Å². The first kappa shape index (κ1) is 8.44. The minimum atomic E-state index is -0.312. The normalized spacial score (nSPS) is 15.2. The van der Waals surface area contributed by atoms with Gasteiger partial charge in [0.2, 0.25) is 5.91 Å². The average Bonchev–Trinajstić information content (AvgIpc) is 2.06. The lowest BCUT2D eigenvalue weighted by Crippen LogP contribution is -2.37. The number of carbonyl (C=O) groups excluding carboxylic acids is 2. The zero-order valence-corrected chi connectivity index (χ0v) is 8.22. The molecule has 0 aromatic heterocycles. The largest absolute Gasteiger partial charge is 0.292 e. The molecular weight excluding hydrogens is 234 g/mol. The van der Waals surface area contributed by atoms with Crippen LogP contribution in [-0.2, 0) is 11.2 Å². The van der Waals surface area contributed by atoms with Crippen LogP contribution in [0.15, 0.2) is 22.7 Å². The average molecular weight is 240 g/mol. The van der Waals surface area contributed by atoms with E-state index in [9.17, 15) is 9.59 Å². The van der Waals surface area contributed by atoms with Crippen molar-refractivity contribution in [1.29, 1.82) is 0 Å². The monoisotopic (exact) mass is 239 g/mol. The van der Waals surface area contributed by atoms with Crippen molar-refractivity contribution in [3.05, 3.63) is 33.8 Å². The number of carbonyl (C=O) groups is 2. The van der Waals surface area contributed by atoms with Gasteiger partial charge in [-0.15, -0.1) is 0 Å². The van der Waals surface area contributed by atoms with Crippen LogP contribution in [-0.4, -0.2) is 11.8 Å². The number of halogens is 1. The van der Waals surface area contributed by atoms with E-state index in [-0.39, 0.29) is 18.2 Å². The SMILES string of the molecule is O=C1Cc2ccc(Br)cc2C(=O)N1. The van der Waals surface area contributed by atoms with Crippen LogP contribution in [0.4, 0.5) is 0 Å². The van der Waals surface area contributed by atoms with Crippen LogP contribution in [0, 0.1) is 0 Å². The van der Waals surface area contributed by atoms with Gasteiger partial charge in [0.25, 0.3) is 5.91 Å². The van der Waals surface area contributed by atoms with Gasteiger partial charge >= 0.3 is 0 Å². The summed E-state index contributed by atoms with van der Waals surface area (Å²) < 4.78 is 0.843. The molecule has 1 heterocycles. The van der Waals surface area contributed by atoms with Crippen molar-refractivity contribution in [3.63, 3.8) is 0 Å². The Morgan fingerprint density at radius 1 is 1.31 bits per heavy atom. The quantitative estimate of drug-likeness (QED) is 0.694. The first-order chi connectivity index (χ1) is 6.16. The fraction of sp³-hybridized carbons (Fsp3) is 0.111. The zero-order valence-electron chi connectivity index (χ0n) is 6.63. The molecule has 0 bridgehead atoms. The van der Waals surface area contributed by atoms with E-state index in [0.717, 1.165) is 10.0 Å². The maximum absolute atomic E-state index is 11.3. The molecule has 1 N–H and O–H groups in total. The Morgan fingerprint density at radius 2 is 2.08 bits per heavy atom. The number of rotatable bonds is 0. The Balaban J connectivity index is 2.55. The molecule has 0 atom stereocenters. The van der Waals surface area contributed by atoms with E-state index < -0.39 is 0 Å². The molecule has 1 aliphatic rings. The molecule has 66 valence electrons. The van der Waals surface area contributed by atoms with E-state index in [2.05, 4.69) is 21.2 Å². The van der Waals surface area contributed by atoms with Crippen molar-refractivity contribution in [2.75, 3.05) is 0 Å². The number of fused-ring (bicyclic) bond motifs is 1. The highest BCUT2D eigenvalue weighted by Gasteiger charge is 2.21. The summed E-state index contributed by atoms with van der Waals surface area (Å²) in [5.74, 6) is -0.549. The number of benzene rings is 1. The molecule has 13 heavy (non-hydrogen) atoms. The van der Waals surface area contributed by atoms with Gasteiger partial charge in [-0.25, -0.2) is 0 Å². The van der Waals surface area contributed by atoms with Crippen LogP contribution in [0.1, 0.15) is 15.9 Å². The number of hydrogen-bond donors (Lipinski definition) is 1. The molecule has 3 nitrogen and oxygen atoms in total. The van der Waals surface area contributed by atoms with Crippen LogP contribution in [0.2, 0.25) is 0 Å². The molecule has 0 saturated carbocycles. The lowest BCUT2D eigenvalue weighted by Gasteiger charge is -2.14. The molecule has 0 fully saturated rings. The second kappa shape index (κ2) is 2.96. The highest BCUT2D eigenvalue weighted by Crippen LogP contribution is 2.19. The molecule has 4 heteroatoms. The Labute approximate surface area is 83.3 Å². The van der Waals surface area contributed by atoms with Crippen molar-refractivity contribution in [3.8, 4) is 0 Å². The van der Waals surface area contributed by atoms with E-state index in [1.165, 1.54) is 0 Å². The van der Waals surface area contributed by atoms with Gasteiger partial charge in [0.15, 0.2) is 0 Å². The Kier molecular flexibility index (Phi) is 1.92. The van der Waals surface area contributed by atoms with E-state index in [1.54, 1.807) is 12.1 Å². The predicted octanol–water partition coefficient (Wildman–Crippen LogP) is 1.26. The topological polar surface area (TPSA) is 46.2 Å². The first-order valence-corrected chi connectivity index (χ1v) is 4.59. The fourth-order valence-corrected chi connectivity index (χ4v) is 1.69. The maximum atomic E-state index is 11.3. The fourth-order valence-electron chi connectivity index (χ4n) is 1.33. The van der Waals surface area contributed by atoms with Crippen LogP contribution >= 0.6 is 15.9 Å². The molecule has 0 radical (unpaired) electrons. The molecule has 0 unspecified atom stereocenters. The molecule has 0 aliphatic carbocycles. The number of amides is 2. The van der Waals surface area contributed by atoms with Gasteiger partial charge < -0.3 is 0 Å². The van der Waals surface area contributed by atoms with Crippen molar-refractivity contribution >= 4 is 27.7 Å². The minimum absolute atomic E-state index is 0.236. The smallest absolute Gasteiger partial charge is 0.258 e. The van der Waals surface area contributed by atoms with Crippen molar-refractivity contribution < 1.29 is 9.59 Å². The van der Waals surface area contributed by atoms with Gasteiger partial charge in [0.05, 0.1) is 6.42 Å². The van der Waals surface area contributed by atoms with Gasteiger partial charge in [-0.3, -0.25) is 14.9 Å². The molecule has 1 aromatic rings. The summed E-state index contributed by atoms with van der Waals surface area (Å²) in [7, 11) is 0. The van der Waals surface area contributed by atoms with Crippen LogP contribution in [0.3, 0.4) is 0 Å². The number of hydrogen-bond acceptors (Lipinski definition) is 2. The van der Waals surface area contributed by atoms with E-state index in [0.29, 0.717) is 5.56 Å². The predicted molar refractivity (Wildman–Crippen MR) is 50.3 cm³/mol. The molecule has 0 spiro atoms. The van der Waals surface area contributed by atoms with Crippen LogP contribution in [0.25, 0.3) is 0 Å². The second-order valence-electron chi connectivity index (χ2n) is 2.86. The maximum Gasteiger partial charge on any atom is 0.258 e. The Morgan fingerprint density at radius 3 is 2.85 bits per heavy atom. The van der Waals surface area contributed by atoms with Crippen LogP contribution < -0.4 is 5.32 Å². The summed E-state index contributed by atoms with van der Waals surface area (Å²) in [6, 6.07) is 5.33. The summed E-state index contributed by atoms with van der Waals surface area (Å²) in [6.07, 6.45) is 0.286. The Bertz CT molecular complexity index is 401. The molecule has 0 saturated heterocycles. The highest BCUT2D eigenvalue weighted by molar-refractivity contribution is 9.10. The van der Waals surface area contributed by atoms with Crippen LogP contribution in [0.5, 0.6) is 0 Å². The number of nitrogens with one attached hydrogen (secondary N) is 1. The summed E-state index contributed by atoms with van der Waals surface area (Å²) >= 11 is 3.27. The summed E-state index contributed by atoms with van der Waals surface area (Å²) in [6.45, 7) is 0. The molecule has 1 aliphatic heterocycles. The lowest BCUT2D eigenvalue weighted by molar-refractivity contribution is -0.119. The van der Waals surface area contributed by atoms with E-state index in [4.69, 9.17) is 0 Å². The van der Waals surface area contributed by atoms with Gasteiger partial charge in [0.1, 0.15) is 0 Å². The van der Waals surface area contributed by atoms with Gasteiger partial charge in [-0.05, 0) is 17.7 Å². The zero-order chi connectivity index (χ0) is 9.42. The molecule has 2 amide bonds. The lowest BCUT2D eigenvalue weighted by atomic mass is 10.0. The standard InChI is InChI=1S/C9H6BrNO2/c10-6-2-1-5-3-8(12)11-9(13)7(5)4-6/h1-2,4H,3H2,(H,11,12,13). The van der Waals surface area contributed by atoms with Crippen molar-refractivity contribution in [1.82, 2.24) is 5.32 Å². The summed E-state index contributed by atoms with van der Waals surface area (Å²) in [5, 5.41) is 2.26. The number of imide groups is 1. The molecule has 1 aromatic carbocycles. The highest BCUT2D eigenvalue weighted by atomic mass is 79.9. The summed E-state index contributed by atoms with van der Waals surface area (Å²) in [4.78, 5) is 22.3. The van der Waals surface area contributed by atoms with Gasteiger partial charge in [0, 0.05) is 10.0 Å². The van der Waals surface area contributed by atoms with E-state index >= 15 is 0 Å².